The number of fused-ring (bicyclic) bond motifs is 1. The van der Waals surface area contributed by atoms with Crippen LogP contribution >= 0.6 is 23.2 Å². The fraction of sp³-hybridized carbons (Fsp3) is 0.188. The van der Waals surface area contributed by atoms with Crippen molar-refractivity contribution in [3.8, 4) is 11.5 Å². The highest BCUT2D eigenvalue weighted by Crippen LogP contribution is 2.42. The van der Waals surface area contributed by atoms with Gasteiger partial charge >= 0.3 is 12.3 Å². The van der Waals surface area contributed by atoms with Crippen LogP contribution in [-0.4, -0.2) is 24.0 Å². The second-order valence-electron chi connectivity index (χ2n) is 5.35. The van der Waals surface area contributed by atoms with Crippen molar-refractivity contribution >= 4 is 34.9 Å². The number of anilines is 1. The Morgan fingerprint density at radius 1 is 1.15 bits per heavy atom. The molecule has 1 aliphatic rings. The Balaban J connectivity index is 1.56. The van der Waals surface area contributed by atoms with Crippen LogP contribution < -0.4 is 20.1 Å². The molecule has 0 saturated heterocycles. The SMILES string of the molecule is O=C(NCC(O)c1ccc(Cl)cc1Cl)Nc1ccc2c(c1)OC(F)(F)O2. The van der Waals surface area contributed by atoms with Crippen LogP contribution in [0.4, 0.5) is 19.3 Å². The molecule has 3 N–H and O–H groups in total. The number of amides is 2. The molecule has 3 rings (SSSR count). The van der Waals surface area contributed by atoms with Crippen molar-refractivity contribution in [2.45, 2.75) is 12.4 Å². The summed E-state index contributed by atoms with van der Waals surface area (Å²) in [5.41, 5.74) is 0.614. The lowest BCUT2D eigenvalue weighted by Gasteiger charge is -2.14. The monoisotopic (exact) mass is 404 g/mol. The van der Waals surface area contributed by atoms with Gasteiger partial charge in [0.2, 0.25) is 0 Å². The first kappa shape index (κ1) is 18.5. The number of benzene rings is 2. The maximum atomic E-state index is 13.0. The van der Waals surface area contributed by atoms with E-state index in [9.17, 15) is 18.7 Å². The molecular weight excluding hydrogens is 393 g/mol. The largest absolute Gasteiger partial charge is 0.586 e. The Bertz CT molecular complexity index is 851. The first-order valence-corrected chi connectivity index (χ1v) is 8.07. The van der Waals surface area contributed by atoms with E-state index in [0.717, 1.165) is 0 Å². The van der Waals surface area contributed by atoms with E-state index in [-0.39, 0.29) is 28.8 Å². The number of aliphatic hydroxyl groups excluding tert-OH is 1. The fourth-order valence-corrected chi connectivity index (χ4v) is 2.81. The number of nitrogens with one attached hydrogen (secondary N) is 2. The van der Waals surface area contributed by atoms with Gasteiger partial charge in [0.1, 0.15) is 0 Å². The molecule has 0 aromatic heterocycles. The standard InChI is InChI=1S/C16H12Cl2F2N2O4/c17-8-1-3-10(11(18)5-8)12(23)7-21-15(24)22-9-2-4-13-14(6-9)26-16(19,20)25-13/h1-6,12,23H,7H2,(H2,21,22,24). The minimum absolute atomic E-state index is 0.129. The van der Waals surface area contributed by atoms with E-state index in [1.54, 1.807) is 12.1 Å². The summed E-state index contributed by atoms with van der Waals surface area (Å²) in [6.45, 7) is -0.129. The molecule has 26 heavy (non-hydrogen) atoms. The number of alkyl halides is 2. The third-order valence-corrected chi connectivity index (χ3v) is 4.00. The highest BCUT2D eigenvalue weighted by Gasteiger charge is 2.43. The maximum Gasteiger partial charge on any atom is 0.586 e. The van der Waals surface area contributed by atoms with E-state index < -0.39 is 18.4 Å². The summed E-state index contributed by atoms with van der Waals surface area (Å²) >= 11 is 11.8. The number of carbonyl (C=O) groups excluding carboxylic acids is 1. The van der Waals surface area contributed by atoms with Gasteiger partial charge in [0.05, 0.1) is 6.10 Å². The first-order chi connectivity index (χ1) is 12.2. The Labute approximate surface area is 156 Å². The normalized spacial score (nSPS) is 15.4. The van der Waals surface area contributed by atoms with Gasteiger partial charge < -0.3 is 25.2 Å². The second-order valence-corrected chi connectivity index (χ2v) is 6.19. The van der Waals surface area contributed by atoms with Crippen LogP contribution in [-0.2, 0) is 0 Å². The molecule has 1 heterocycles. The summed E-state index contributed by atoms with van der Waals surface area (Å²) in [6, 6.07) is 7.75. The average Bonchev–Trinajstić information content (AvgIpc) is 2.85. The van der Waals surface area contributed by atoms with E-state index in [1.165, 1.54) is 24.3 Å². The lowest BCUT2D eigenvalue weighted by Crippen LogP contribution is -2.32. The Morgan fingerprint density at radius 3 is 2.62 bits per heavy atom. The molecule has 138 valence electrons. The Hall–Kier alpha value is -2.29. The number of ether oxygens (including phenoxy) is 2. The van der Waals surface area contributed by atoms with Crippen LogP contribution in [0.5, 0.6) is 11.5 Å². The summed E-state index contributed by atoms with van der Waals surface area (Å²) in [5.74, 6) is -0.324. The minimum atomic E-state index is -3.73. The van der Waals surface area contributed by atoms with Crippen LogP contribution in [0, 0.1) is 0 Å². The maximum absolute atomic E-state index is 13.0. The van der Waals surface area contributed by atoms with Crippen LogP contribution in [0.25, 0.3) is 0 Å². The van der Waals surface area contributed by atoms with Crippen molar-refractivity contribution in [3.05, 3.63) is 52.0 Å². The molecule has 0 fully saturated rings. The highest BCUT2D eigenvalue weighted by atomic mass is 35.5. The zero-order valence-corrected chi connectivity index (χ0v) is 14.4. The van der Waals surface area contributed by atoms with Gasteiger partial charge in [-0.3, -0.25) is 0 Å². The highest BCUT2D eigenvalue weighted by molar-refractivity contribution is 6.35. The second kappa shape index (κ2) is 7.14. The molecule has 2 aromatic rings. The van der Waals surface area contributed by atoms with Crippen molar-refractivity contribution in [1.82, 2.24) is 5.32 Å². The van der Waals surface area contributed by atoms with Gasteiger partial charge in [-0.25, -0.2) is 4.79 Å². The number of carbonyl (C=O) groups is 1. The predicted octanol–water partition coefficient (Wildman–Crippen LogP) is 4.17. The molecule has 0 aliphatic carbocycles. The molecule has 1 unspecified atom stereocenters. The van der Waals surface area contributed by atoms with Crippen molar-refractivity contribution < 1.29 is 28.2 Å². The third kappa shape index (κ3) is 4.27. The fourth-order valence-electron chi connectivity index (χ4n) is 2.27. The third-order valence-electron chi connectivity index (χ3n) is 3.44. The van der Waals surface area contributed by atoms with Crippen molar-refractivity contribution in [2.24, 2.45) is 0 Å². The van der Waals surface area contributed by atoms with E-state index in [1.807, 2.05) is 0 Å². The van der Waals surface area contributed by atoms with Gasteiger partial charge in [0, 0.05) is 33.9 Å². The molecule has 6 nitrogen and oxygen atoms in total. The summed E-state index contributed by atoms with van der Waals surface area (Å²) in [7, 11) is 0. The minimum Gasteiger partial charge on any atom is -0.395 e. The van der Waals surface area contributed by atoms with Crippen LogP contribution in [0.15, 0.2) is 36.4 Å². The number of urea groups is 1. The molecule has 2 aromatic carbocycles. The van der Waals surface area contributed by atoms with Gasteiger partial charge in [-0.2, -0.15) is 0 Å². The smallest absolute Gasteiger partial charge is 0.395 e. The van der Waals surface area contributed by atoms with Gasteiger partial charge in [-0.15, -0.1) is 8.78 Å². The van der Waals surface area contributed by atoms with Gasteiger partial charge in [-0.1, -0.05) is 29.3 Å². The van der Waals surface area contributed by atoms with Crippen LogP contribution in [0.1, 0.15) is 11.7 Å². The Kier molecular flexibility index (Phi) is 5.08. The molecule has 10 heteroatoms. The van der Waals surface area contributed by atoms with Crippen molar-refractivity contribution in [1.29, 1.82) is 0 Å². The molecule has 0 bridgehead atoms. The first-order valence-electron chi connectivity index (χ1n) is 7.31. The van der Waals surface area contributed by atoms with Crippen LogP contribution in [0.3, 0.4) is 0 Å². The van der Waals surface area contributed by atoms with Gasteiger partial charge in [0.15, 0.2) is 11.5 Å². The Morgan fingerprint density at radius 2 is 1.88 bits per heavy atom. The van der Waals surface area contributed by atoms with Gasteiger partial charge in [0.25, 0.3) is 0 Å². The van der Waals surface area contributed by atoms with Crippen molar-refractivity contribution in [3.63, 3.8) is 0 Å². The molecular formula is C16H12Cl2F2N2O4. The summed E-state index contributed by atoms with van der Waals surface area (Å²) in [5, 5.41) is 15.7. The average molecular weight is 405 g/mol. The van der Waals surface area contributed by atoms with E-state index in [4.69, 9.17) is 23.2 Å². The summed E-state index contributed by atoms with van der Waals surface area (Å²) in [4.78, 5) is 11.9. The molecule has 0 saturated carbocycles. The van der Waals surface area contributed by atoms with Gasteiger partial charge in [-0.05, 0) is 24.3 Å². The quantitative estimate of drug-likeness (QED) is 0.714. The predicted molar refractivity (Wildman–Crippen MR) is 91.1 cm³/mol. The molecule has 2 amide bonds. The zero-order chi connectivity index (χ0) is 18.9. The number of hydrogen-bond acceptors (Lipinski definition) is 4. The lowest BCUT2D eigenvalue weighted by atomic mass is 10.1. The number of hydrogen-bond donors (Lipinski definition) is 3. The summed E-state index contributed by atoms with van der Waals surface area (Å²) in [6.07, 6.45) is -4.79. The molecule has 1 aliphatic heterocycles. The van der Waals surface area contributed by atoms with Crippen molar-refractivity contribution in [2.75, 3.05) is 11.9 Å². The summed E-state index contributed by atoms with van der Waals surface area (Å²) < 4.78 is 34.5. The van der Waals surface area contributed by atoms with Crippen LogP contribution in [0.2, 0.25) is 10.0 Å². The number of halogens is 4. The molecule has 1 atom stereocenters. The van der Waals surface area contributed by atoms with E-state index in [0.29, 0.717) is 10.6 Å². The zero-order valence-electron chi connectivity index (χ0n) is 12.9. The number of rotatable bonds is 4. The topological polar surface area (TPSA) is 79.8 Å². The molecule has 0 radical (unpaired) electrons. The number of aliphatic hydroxyl groups is 1. The van der Waals surface area contributed by atoms with E-state index in [2.05, 4.69) is 20.1 Å². The lowest BCUT2D eigenvalue weighted by molar-refractivity contribution is -0.286. The van der Waals surface area contributed by atoms with E-state index >= 15 is 0 Å². The molecule has 0 spiro atoms.